The number of methoxy groups -OCH3 is 1. The Balaban J connectivity index is 1.62. The van der Waals surface area contributed by atoms with E-state index in [0.717, 1.165) is 5.56 Å². The number of piperazine rings is 1. The predicted molar refractivity (Wildman–Crippen MR) is 114 cm³/mol. The zero-order chi connectivity index (χ0) is 21.0. The number of rotatable bonds is 6. The molecule has 0 aliphatic carbocycles. The molecule has 7 nitrogen and oxygen atoms in total. The fourth-order valence-corrected chi connectivity index (χ4v) is 4.32. The van der Waals surface area contributed by atoms with Gasteiger partial charge in [-0.25, -0.2) is 8.42 Å². The van der Waals surface area contributed by atoms with Gasteiger partial charge in [0.15, 0.2) is 0 Å². The summed E-state index contributed by atoms with van der Waals surface area (Å²) in [5.74, 6) is 0.317. The molecule has 0 spiro atoms. The minimum absolute atomic E-state index is 0.227. The van der Waals surface area contributed by atoms with Gasteiger partial charge in [-0.2, -0.15) is 4.31 Å². The van der Waals surface area contributed by atoms with Crippen LogP contribution in [0.15, 0.2) is 42.5 Å². The average molecular weight is 438 g/mol. The lowest BCUT2D eigenvalue weighted by Gasteiger charge is -2.33. The second-order valence-corrected chi connectivity index (χ2v) is 9.33. The number of carbonyl (C=O) groups is 1. The molecule has 1 saturated heterocycles. The quantitative estimate of drug-likeness (QED) is 0.751. The third-order valence-corrected chi connectivity index (χ3v) is 6.40. The molecule has 0 aromatic heterocycles. The predicted octanol–water partition coefficient (Wildman–Crippen LogP) is 2.68. The Labute approximate surface area is 176 Å². The molecule has 156 valence electrons. The van der Waals surface area contributed by atoms with Crippen molar-refractivity contribution in [3.8, 4) is 5.75 Å². The number of benzene rings is 2. The van der Waals surface area contributed by atoms with Crippen LogP contribution in [0.2, 0.25) is 5.02 Å². The van der Waals surface area contributed by atoms with E-state index in [1.54, 1.807) is 24.3 Å². The normalized spacial score (nSPS) is 15.8. The van der Waals surface area contributed by atoms with Crippen LogP contribution in [0.5, 0.6) is 5.75 Å². The van der Waals surface area contributed by atoms with Crippen LogP contribution in [0.3, 0.4) is 0 Å². The Morgan fingerprint density at radius 2 is 1.86 bits per heavy atom. The summed E-state index contributed by atoms with van der Waals surface area (Å²) in [4.78, 5) is 14.8. The standard InChI is InChI=1S/C20H24ClN3O4S/c1-28-19-7-6-17(13-18(19)21)22-20(25)16-5-3-4-15(12-16)14-23-8-10-24(11-9-23)29(2,26)27/h3-7,12-13H,8-11,14H2,1-2H3,(H,22,25). The van der Waals surface area contributed by atoms with Crippen molar-refractivity contribution in [2.75, 3.05) is 44.9 Å². The van der Waals surface area contributed by atoms with Crippen molar-refractivity contribution in [2.24, 2.45) is 0 Å². The van der Waals surface area contributed by atoms with Crippen molar-refractivity contribution in [3.63, 3.8) is 0 Å². The lowest BCUT2D eigenvalue weighted by atomic mass is 10.1. The van der Waals surface area contributed by atoms with E-state index in [9.17, 15) is 13.2 Å². The van der Waals surface area contributed by atoms with Gasteiger partial charge in [-0.3, -0.25) is 9.69 Å². The Bertz CT molecular complexity index is 989. The first-order valence-corrected chi connectivity index (χ1v) is 11.4. The highest BCUT2D eigenvalue weighted by molar-refractivity contribution is 7.88. The van der Waals surface area contributed by atoms with E-state index in [4.69, 9.17) is 16.3 Å². The van der Waals surface area contributed by atoms with Gasteiger partial charge in [0, 0.05) is 44.0 Å². The topological polar surface area (TPSA) is 79.0 Å². The van der Waals surface area contributed by atoms with Crippen LogP contribution < -0.4 is 10.1 Å². The van der Waals surface area contributed by atoms with Crippen LogP contribution in [0.1, 0.15) is 15.9 Å². The van der Waals surface area contributed by atoms with Crippen molar-refractivity contribution in [1.82, 2.24) is 9.21 Å². The first-order chi connectivity index (χ1) is 13.8. The van der Waals surface area contributed by atoms with Crippen molar-refractivity contribution in [1.29, 1.82) is 0 Å². The average Bonchev–Trinajstić information content (AvgIpc) is 2.68. The van der Waals surface area contributed by atoms with Crippen LogP contribution in [-0.4, -0.2) is 63.1 Å². The van der Waals surface area contributed by atoms with Crippen LogP contribution in [0.25, 0.3) is 0 Å². The first-order valence-electron chi connectivity index (χ1n) is 9.17. The lowest BCUT2D eigenvalue weighted by molar-refractivity contribution is 0.102. The zero-order valence-electron chi connectivity index (χ0n) is 16.4. The van der Waals surface area contributed by atoms with Crippen LogP contribution >= 0.6 is 11.6 Å². The van der Waals surface area contributed by atoms with Crippen LogP contribution in [0, 0.1) is 0 Å². The molecule has 1 heterocycles. The van der Waals surface area contributed by atoms with Crippen molar-refractivity contribution < 1.29 is 17.9 Å². The number of hydrogen-bond donors (Lipinski definition) is 1. The second kappa shape index (κ2) is 9.13. The van der Waals surface area contributed by atoms with E-state index in [-0.39, 0.29) is 5.91 Å². The van der Waals surface area contributed by atoms with Gasteiger partial charge in [0.2, 0.25) is 10.0 Å². The molecule has 1 amide bonds. The number of sulfonamides is 1. The number of amides is 1. The van der Waals surface area contributed by atoms with E-state index < -0.39 is 10.0 Å². The molecule has 1 fully saturated rings. The summed E-state index contributed by atoms with van der Waals surface area (Å²) in [5.41, 5.74) is 2.13. The molecular weight excluding hydrogens is 414 g/mol. The minimum atomic E-state index is -3.14. The molecule has 29 heavy (non-hydrogen) atoms. The van der Waals surface area contributed by atoms with Gasteiger partial charge in [0.1, 0.15) is 5.75 Å². The molecule has 0 radical (unpaired) electrons. The molecule has 9 heteroatoms. The summed E-state index contributed by atoms with van der Waals surface area (Å²) in [6, 6.07) is 12.5. The molecule has 0 atom stereocenters. The van der Waals surface area contributed by atoms with Gasteiger partial charge < -0.3 is 10.1 Å². The molecule has 0 unspecified atom stereocenters. The molecule has 2 aromatic rings. The highest BCUT2D eigenvalue weighted by atomic mass is 35.5. The number of halogens is 1. The van der Waals surface area contributed by atoms with Crippen molar-refractivity contribution in [2.45, 2.75) is 6.54 Å². The number of nitrogens with zero attached hydrogens (tertiary/aromatic N) is 2. The molecule has 0 saturated carbocycles. The van der Waals surface area contributed by atoms with E-state index in [2.05, 4.69) is 10.2 Å². The van der Waals surface area contributed by atoms with Gasteiger partial charge in [0.25, 0.3) is 5.91 Å². The molecular formula is C20H24ClN3O4S. The van der Waals surface area contributed by atoms with Gasteiger partial charge >= 0.3 is 0 Å². The largest absolute Gasteiger partial charge is 0.495 e. The van der Waals surface area contributed by atoms with E-state index in [0.29, 0.717) is 54.7 Å². The van der Waals surface area contributed by atoms with Crippen molar-refractivity contribution >= 4 is 33.2 Å². The number of carbonyl (C=O) groups excluding carboxylic acids is 1. The SMILES string of the molecule is COc1ccc(NC(=O)c2cccc(CN3CCN(S(C)(=O)=O)CC3)c2)cc1Cl. The Morgan fingerprint density at radius 1 is 1.14 bits per heavy atom. The van der Waals surface area contributed by atoms with E-state index >= 15 is 0 Å². The lowest BCUT2D eigenvalue weighted by Crippen LogP contribution is -2.47. The summed E-state index contributed by atoms with van der Waals surface area (Å²) >= 11 is 6.11. The highest BCUT2D eigenvalue weighted by Gasteiger charge is 2.23. The molecule has 1 aliphatic rings. The third kappa shape index (κ3) is 5.70. The minimum Gasteiger partial charge on any atom is -0.495 e. The van der Waals surface area contributed by atoms with E-state index in [1.807, 2.05) is 18.2 Å². The summed E-state index contributed by atoms with van der Waals surface area (Å²) in [6.07, 6.45) is 1.24. The maximum atomic E-state index is 12.6. The smallest absolute Gasteiger partial charge is 0.255 e. The number of nitrogens with one attached hydrogen (secondary N) is 1. The van der Waals surface area contributed by atoms with Gasteiger partial charge in [-0.15, -0.1) is 0 Å². The maximum Gasteiger partial charge on any atom is 0.255 e. The molecule has 3 rings (SSSR count). The second-order valence-electron chi connectivity index (χ2n) is 6.94. The zero-order valence-corrected chi connectivity index (χ0v) is 18.0. The Kier molecular flexibility index (Phi) is 6.79. The monoisotopic (exact) mass is 437 g/mol. The van der Waals surface area contributed by atoms with Gasteiger partial charge in [-0.1, -0.05) is 23.7 Å². The molecule has 1 aliphatic heterocycles. The summed E-state index contributed by atoms with van der Waals surface area (Å²) in [7, 11) is -1.61. The number of anilines is 1. The van der Waals surface area contributed by atoms with E-state index in [1.165, 1.54) is 17.7 Å². The highest BCUT2D eigenvalue weighted by Crippen LogP contribution is 2.27. The van der Waals surface area contributed by atoms with Crippen molar-refractivity contribution in [3.05, 3.63) is 58.6 Å². The fraction of sp³-hybridized carbons (Fsp3) is 0.350. The Hall–Kier alpha value is -2.13. The van der Waals surface area contributed by atoms with Gasteiger partial charge in [-0.05, 0) is 35.9 Å². The molecule has 1 N–H and O–H groups in total. The van der Waals surface area contributed by atoms with Gasteiger partial charge in [0.05, 0.1) is 18.4 Å². The van der Waals surface area contributed by atoms with Crippen LogP contribution in [0.4, 0.5) is 5.69 Å². The first kappa shape index (κ1) is 21.6. The fourth-order valence-electron chi connectivity index (χ4n) is 3.24. The summed E-state index contributed by atoms with van der Waals surface area (Å²) in [5, 5.41) is 3.26. The summed E-state index contributed by atoms with van der Waals surface area (Å²) < 4.78 is 29.9. The third-order valence-electron chi connectivity index (χ3n) is 4.81. The summed E-state index contributed by atoms with van der Waals surface area (Å²) in [6.45, 7) is 2.95. The maximum absolute atomic E-state index is 12.6. The number of ether oxygens (including phenoxy) is 1. The van der Waals surface area contributed by atoms with Crippen LogP contribution in [-0.2, 0) is 16.6 Å². The number of hydrogen-bond acceptors (Lipinski definition) is 5. The Morgan fingerprint density at radius 3 is 2.48 bits per heavy atom. The molecule has 2 aromatic carbocycles. The molecule has 0 bridgehead atoms.